The third-order valence-corrected chi connectivity index (χ3v) is 4.88. The minimum atomic E-state index is -0.373. The fourth-order valence-corrected chi connectivity index (χ4v) is 3.12. The van der Waals surface area contributed by atoms with E-state index in [-0.39, 0.29) is 35.9 Å². The van der Waals surface area contributed by atoms with Gasteiger partial charge in [0.2, 0.25) is 11.8 Å². The summed E-state index contributed by atoms with van der Waals surface area (Å²) >= 11 is 0. The second kappa shape index (κ2) is 6.77. The van der Waals surface area contributed by atoms with Gasteiger partial charge in [0.15, 0.2) is 0 Å². The Morgan fingerprint density at radius 1 is 1.33 bits per heavy atom. The molecule has 1 saturated carbocycles. The van der Waals surface area contributed by atoms with Gasteiger partial charge in [0.1, 0.15) is 12.1 Å². The van der Waals surface area contributed by atoms with Crippen LogP contribution in [-0.2, 0) is 14.3 Å². The van der Waals surface area contributed by atoms with Crippen LogP contribution < -0.4 is 5.32 Å². The zero-order valence-electron chi connectivity index (χ0n) is 13.6. The van der Waals surface area contributed by atoms with Gasteiger partial charge in [-0.3, -0.25) is 9.59 Å². The number of ether oxygens (including phenoxy) is 1. The minimum Gasteiger partial charge on any atom is -0.385 e. The molecule has 21 heavy (non-hydrogen) atoms. The molecule has 5 heteroatoms. The summed E-state index contributed by atoms with van der Waals surface area (Å²) in [5.41, 5.74) is 0. The van der Waals surface area contributed by atoms with E-state index in [0.717, 1.165) is 25.7 Å². The Morgan fingerprint density at radius 2 is 2.00 bits per heavy atom. The molecule has 0 aromatic carbocycles. The first-order valence-electron chi connectivity index (χ1n) is 8.12. The van der Waals surface area contributed by atoms with Crippen LogP contribution in [0.15, 0.2) is 0 Å². The van der Waals surface area contributed by atoms with E-state index in [4.69, 9.17) is 4.74 Å². The van der Waals surface area contributed by atoms with Crippen molar-refractivity contribution in [2.24, 2.45) is 11.8 Å². The van der Waals surface area contributed by atoms with E-state index in [2.05, 4.69) is 12.2 Å². The molecule has 4 unspecified atom stereocenters. The Bertz CT molecular complexity index is 395. The van der Waals surface area contributed by atoms with Gasteiger partial charge in [-0.2, -0.15) is 0 Å². The first-order chi connectivity index (χ1) is 10.0. The average Bonchev–Trinajstić information content (AvgIpc) is 3.29. The highest BCUT2D eigenvalue weighted by atomic mass is 16.5. The topological polar surface area (TPSA) is 58.6 Å². The number of piperazine rings is 1. The van der Waals surface area contributed by atoms with Gasteiger partial charge in [-0.15, -0.1) is 0 Å². The molecule has 120 valence electrons. The van der Waals surface area contributed by atoms with Gasteiger partial charge in [-0.05, 0) is 38.0 Å². The van der Waals surface area contributed by atoms with Crippen molar-refractivity contribution in [1.82, 2.24) is 10.2 Å². The lowest BCUT2D eigenvalue weighted by molar-refractivity contribution is -0.154. The third kappa shape index (κ3) is 3.39. The number of carbonyl (C=O) groups excluding carboxylic acids is 2. The van der Waals surface area contributed by atoms with E-state index < -0.39 is 0 Å². The molecular weight excluding hydrogens is 268 g/mol. The van der Waals surface area contributed by atoms with Gasteiger partial charge >= 0.3 is 0 Å². The highest BCUT2D eigenvalue weighted by molar-refractivity contribution is 5.97. The summed E-state index contributed by atoms with van der Waals surface area (Å²) in [5, 5.41) is 2.97. The van der Waals surface area contributed by atoms with Crippen LogP contribution in [0.4, 0.5) is 0 Å². The fraction of sp³-hybridized carbons (Fsp3) is 0.875. The predicted molar refractivity (Wildman–Crippen MR) is 80.7 cm³/mol. The van der Waals surface area contributed by atoms with Crippen LogP contribution in [0.5, 0.6) is 0 Å². The van der Waals surface area contributed by atoms with Crippen molar-refractivity contribution in [3.8, 4) is 0 Å². The van der Waals surface area contributed by atoms with E-state index in [9.17, 15) is 9.59 Å². The molecule has 0 spiro atoms. The van der Waals surface area contributed by atoms with Crippen molar-refractivity contribution >= 4 is 11.8 Å². The zero-order valence-corrected chi connectivity index (χ0v) is 13.6. The zero-order chi connectivity index (χ0) is 15.6. The maximum Gasteiger partial charge on any atom is 0.246 e. The summed E-state index contributed by atoms with van der Waals surface area (Å²) in [6, 6.07) is -0.604. The lowest BCUT2D eigenvalue weighted by Crippen LogP contribution is -2.67. The van der Waals surface area contributed by atoms with Gasteiger partial charge in [0, 0.05) is 19.8 Å². The van der Waals surface area contributed by atoms with Crippen molar-refractivity contribution in [1.29, 1.82) is 0 Å². The number of hydrogen-bond donors (Lipinski definition) is 1. The van der Waals surface area contributed by atoms with Gasteiger partial charge in [-0.1, -0.05) is 20.3 Å². The molecule has 0 radical (unpaired) electrons. The molecule has 1 aliphatic carbocycles. The van der Waals surface area contributed by atoms with Crippen molar-refractivity contribution in [3.05, 3.63) is 0 Å². The second-order valence-electron chi connectivity index (χ2n) is 6.53. The SMILES string of the molecule is CCC(C)C1NC(=O)C(C2CC2)N(C(C)CCOC)C1=O. The van der Waals surface area contributed by atoms with E-state index >= 15 is 0 Å². The lowest BCUT2D eigenvalue weighted by atomic mass is 9.91. The molecule has 1 saturated heterocycles. The molecule has 2 amide bonds. The molecule has 2 fully saturated rings. The molecule has 4 atom stereocenters. The normalized spacial score (nSPS) is 29.2. The van der Waals surface area contributed by atoms with Crippen LogP contribution in [0.1, 0.15) is 46.5 Å². The Kier molecular flexibility index (Phi) is 5.25. The predicted octanol–water partition coefficient (Wildman–Crippen LogP) is 1.56. The highest BCUT2D eigenvalue weighted by Crippen LogP contribution is 2.38. The first-order valence-corrected chi connectivity index (χ1v) is 8.12. The number of methoxy groups -OCH3 is 1. The lowest BCUT2D eigenvalue weighted by Gasteiger charge is -2.44. The van der Waals surface area contributed by atoms with Crippen LogP contribution in [0.25, 0.3) is 0 Å². The molecule has 2 aliphatic rings. The summed E-state index contributed by atoms with van der Waals surface area (Å²) in [6.07, 6.45) is 3.75. The summed E-state index contributed by atoms with van der Waals surface area (Å²) in [7, 11) is 1.66. The number of nitrogens with zero attached hydrogens (tertiary/aromatic N) is 1. The Morgan fingerprint density at radius 3 is 2.52 bits per heavy atom. The smallest absolute Gasteiger partial charge is 0.246 e. The summed E-state index contributed by atoms with van der Waals surface area (Å²) in [6.45, 7) is 6.71. The molecule has 2 rings (SSSR count). The van der Waals surface area contributed by atoms with E-state index in [1.807, 2.05) is 18.7 Å². The largest absolute Gasteiger partial charge is 0.385 e. The highest BCUT2D eigenvalue weighted by Gasteiger charge is 2.49. The second-order valence-corrected chi connectivity index (χ2v) is 6.53. The summed E-state index contributed by atoms with van der Waals surface area (Å²) in [4.78, 5) is 27.2. The monoisotopic (exact) mass is 296 g/mol. The molecule has 0 bridgehead atoms. The average molecular weight is 296 g/mol. The van der Waals surface area contributed by atoms with Crippen molar-refractivity contribution < 1.29 is 14.3 Å². The van der Waals surface area contributed by atoms with Crippen molar-refractivity contribution in [2.45, 2.75) is 64.6 Å². The number of carbonyl (C=O) groups is 2. The molecule has 1 aliphatic heterocycles. The maximum atomic E-state index is 12.9. The standard InChI is InChI=1S/C16H28N2O3/c1-5-10(2)13-16(20)18(11(3)8-9-21-4)14(12-6-7-12)15(19)17-13/h10-14H,5-9H2,1-4H3,(H,17,19). The van der Waals surface area contributed by atoms with Crippen LogP contribution in [0, 0.1) is 11.8 Å². The molecule has 1 N–H and O–H groups in total. The Labute approximate surface area is 127 Å². The number of hydrogen-bond acceptors (Lipinski definition) is 3. The van der Waals surface area contributed by atoms with Gasteiger partial charge < -0.3 is 15.0 Å². The molecule has 1 heterocycles. The number of nitrogens with one attached hydrogen (secondary N) is 1. The van der Waals surface area contributed by atoms with Crippen LogP contribution >= 0.6 is 0 Å². The fourth-order valence-electron chi connectivity index (χ4n) is 3.12. The minimum absolute atomic E-state index is 0.0340. The van der Waals surface area contributed by atoms with Gasteiger partial charge in [0.25, 0.3) is 0 Å². The molecular formula is C16H28N2O3. The third-order valence-electron chi connectivity index (χ3n) is 4.88. The van der Waals surface area contributed by atoms with E-state index in [0.29, 0.717) is 12.5 Å². The van der Waals surface area contributed by atoms with Crippen LogP contribution in [0.2, 0.25) is 0 Å². The quantitative estimate of drug-likeness (QED) is 0.775. The van der Waals surface area contributed by atoms with Crippen LogP contribution in [-0.4, -0.2) is 48.6 Å². The first kappa shape index (κ1) is 16.3. The maximum absolute atomic E-state index is 12.9. The summed E-state index contributed by atoms with van der Waals surface area (Å²) < 4.78 is 5.13. The number of amides is 2. The summed E-state index contributed by atoms with van der Waals surface area (Å²) in [5.74, 6) is 0.631. The number of rotatable bonds is 7. The van der Waals surface area contributed by atoms with Crippen LogP contribution in [0.3, 0.4) is 0 Å². The molecule has 5 nitrogen and oxygen atoms in total. The Hall–Kier alpha value is -1.10. The molecule has 0 aromatic heterocycles. The molecule has 0 aromatic rings. The van der Waals surface area contributed by atoms with Gasteiger partial charge in [0.05, 0.1) is 0 Å². The van der Waals surface area contributed by atoms with Gasteiger partial charge in [-0.25, -0.2) is 0 Å². The Balaban J connectivity index is 2.19. The van der Waals surface area contributed by atoms with E-state index in [1.165, 1.54) is 0 Å². The van der Waals surface area contributed by atoms with Crippen molar-refractivity contribution in [2.75, 3.05) is 13.7 Å². The van der Waals surface area contributed by atoms with E-state index in [1.54, 1.807) is 7.11 Å². The van der Waals surface area contributed by atoms with Crippen molar-refractivity contribution in [3.63, 3.8) is 0 Å².